The van der Waals surface area contributed by atoms with E-state index in [4.69, 9.17) is 11.6 Å². The number of sulfone groups is 1. The molecule has 3 aromatic rings. The van der Waals surface area contributed by atoms with Gasteiger partial charge in [0.15, 0.2) is 0 Å². The fourth-order valence-corrected chi connectivity index (χ4v) is 5.68. The quantitative estimate of drug-likeness (QED) is 0.564. The van der Waals surface area contributed by atoms with Crippen LogP contribution in [0.15, 0.2) is 36.8 Å². The minimum absolute atomic E-state index is 0.0954. The van der Waals surface area contributed by atoms with Crippen LogP contribution in [0.2, 0.25) is 5.02 Å². The number of hydrogen-bond acceptors (Lipinski definition) is 5. The molecule has 0 atom stereocenters. The maximum absolute atomic E-state index is 13.5. The Morgan fingerprint density at radius 2 is 2.03 bits per heavy atom. The first-order valence-corrected chi connectivity index (χ1v) is 12.8. The van der Waals surface area contributed by atoms with Gasteiger partial charge in [0.2, 0.25) is 5.91 Å². The number of aromatic nitrogens is 3. The lowest BCUT2D eigenvalue weighted by atomic mass is 9.65. The van der Waals surface area contributed by atoms with Crippen molar-refractivity contribution in [1.82, 2.24) is 14.5 Å². The van der Waals surface area contributed by atoms with Crippen LogP contribution in [0.3, 0.4) is 0 Å². The number of carbonyl (C=O) groups excluding carboxylic acids is 1. The molecule has 162 valence electrons. The second-order valence-corrected chi connectivity index (χ2v) is 11.3. The Kier molecular flexibility index (Phi) is 4.82. The van der Waals surface area contributed by atoms with Crippen molar-refractivity contribution >= 4 is 44.1 Å². The van der Waals surface area contributed by atoms with Gasteiger partial charge in [-0.05, 0) is 43.0 Å². The smallest absolute Gasteiger partial charge is 0.238 e. The van der Waals surface area contributed by atoms with Gasteiger partial charge >= 0.3 is 0 Å². The summed E-state index contributed by atoms with van der Waals surface area (Å²) >= 11 is 6.14. The molecule has 0 N–H and O–H groups in total. The van der Waals surface area contributed by atoms with E-state index in [1.807, 2.05) is 27.7 Å². The molecular formula is C22H23ClN4O3S. The lowest BCUT2D eigenvalue weighted by molar-refractivity contribution is -0.126. The average molecular weight is 459 g/mol. The molecule has 31 heavy (non-hydrogen) atoms. The third-order valence-electron chi connectivity index (χ3n) is 6.47. The fourth-order valence-electron chi connectivity index (χ4n) is 4.86. The summed E-state index contributed by atoms with van der Waals surface area (Å²) in [5, 5.41) is 1.41. The van der Waals surface area contributed by atoms with Gasteiger partial charge in [-0.1, -0.05) is 18.0 Å². The molecule has 0 radical (unpaired) electrons. The standard InChI is InChI=1S/C22H23ClN4O3S/c1-31(29,30)9-3-8-26-17(11-15-10-16(23)12-25-20(15)26)14-27-19-13-24-7-4-18(19)22(21(27)28)5-2-6-22/h4,7,10-13H,2-3,5-6,8-9,14H2,1H3. The van der Waals surface area contributed by atoms with Crippen LogP contribution in [-0.4, -0.2) is 40.9 Å². The predicted octanol–water partition coefficient (Wildman–Crippen LogP) is 3.49. The molecule has 3 aromatic heterocycles. The zero-order valence-electron chi connectivity index (χ0n) is 17.2. The molecule has 0 aromatic carbocycles. The van der Waals surface area contributed by atoms with Gasteiger partial charge in [-0.3, -0.25) is 9.78 Å². The van der Waals surface area contributed by atoms with E-state index in [1.165, 1.54) is 6.26 Å². The van der Waals surface area contributed by atoms with Gasteiger partial charge in [-0.25, -0.2) is 13.4 Å². The van der Waals surface area contributed by atoms with E-state index < -0.39 is 15.3 Å². The van der Waals surface area contributed by atoms with E-state index in [0.29, 0.717) is 24.5 Å². The summed E-state index contributed by atoms with van der Waals surface area (Å²) in [6, 6.07) is 5.80. The van der Waals surface area contributed by atoms with Crippen LogP contribution < -0.4 is 4.90 Å². The molecule has 5 rings (SSSR count). The summed E-state index contributed by atoms with van der Waals surface area (Å²) in [6.45, 7) is 0.875. The first kappa shape index (κ1) is 20.5. The van der Waals surface area contributed by atoms with Crippen molar-refractivity contribution < 1.29 is 13.2 Å². The third-order valence-corrected chi connectivity index (χ3v) is 7.71. The minimum atomic E-state index is -3.06. The Bertz CT molecular complexity index is 1300. The molecule has 1 fully saturated rings. The predicted molar refractivity (Wildman–Crippen MR) is 120 cm³/mol. The van der Waals surface area contributed by atoms with E-state index in [9.17, 15) is 13.2 Å². The largest absolute Gasteiger partial charge is 0.328 e. The lowest BCUT2D eigenvalue weighted by Crippen LogP contribution is -2.45. The number of amides is 1. The summed E-state index contributed by atoms with van der Waals surface area (Å²) in [5.74, 6) is 0.221. The highest BCUT2D eigenvalue weighted by Crippen LogP contribution is 2.53. The molecule has 1 spiro atoms. The van der Waals surface area contributed by atoms with Crippen molar-refractivity contribution in [1.29, 1.82) is 0 Å². The second kappa shape index (κ2) is 7.31. The maximum atomic E-state index is 13.5. The van der Waals surface area contributed by atoms with Crippen molar-refractivity contribution in [3.05, 3.63) is 53.1 Å². The second-order valence-electron chi connectivity index (χ2n) is 8.56. The number of anilines is 1. The number of carbonyl (C=O) groups is 1. The Balaban J connectivity index is 1.53. The van der Waals surface area contributed by atoms with Gasteiger partial charge in [0.05, 0.1) is 34.6 Å². The monoisotopic (exact) mass is 458 g/mol. The zero-order chi connectivity index (χ0) is 21.8. The minimum Gasteiger partial charge on any atom is -0.328 e. The molecule has 2 aliphatic rings. The van der Waals surface area contributed by atoms with Crippen molar-refractivity contribution in [2.75, 3.05) is 16.9 Å². The SMILES string of the molecule is CS(=O)(=O)CCCn1c(CN2C(=O)C3(CCC3)c3ccncc32)cc2cc(Cl)cnc21. The molecule has 7 nitrogen and oxygen atoms in total. The topological polar surface area (TPSA) is 85.2 Å². The molecule has 1 aliphatic heterocycles. The number of halogens is 1. The van der Waals surface area contributed by atoms with Gasteiger partial charge in [-0.2, -0.15) is 0 Å². The maximum Gasteiger partial charge on any atom is 0.238 e. The Labute approximate surface area is 186 Å². The summed E-state index contributed by atoms with van der Waals surface area (Å²) in [7, 11) is -3.06. The van der Waals surface area contributed by atoms with Crippen LogP contribution in [0.1, 0.15) is 36.9 Å². The molecule has 0 bridgehead atoms. The average Bonchev–Trinajstić information content (AvgIpc) is 3.13. The molecule has 1 saturated carbocycles. The third kappa shape index (κ3) is 3.42. The van der Waals surface area contributed by atoms with Gasteiger partial charge in [0.1, 0.15) is 15.5 Å². The van der Waals surface area contributed by atoms with Crippen LogP contribution in [0, 0.1) is 0 Å². The van der Waals surface area contributed by atoms with Crippen molar-refractivity contribution in [2.24, 2.45) is 0 Å². The number of fused-ring (bicyclic) bond motifs is 3. The first-order chi connectivity index (χ1) is 14.8. The number of pyridine rings is 2. The van der Waals surface area contributed by atoms with E-state index in [2.05, 4.69) is 9.97 Å². The normalized spacial score (nSPS) is 17.4. The van der Waals surface area contributed by atoms with Gasteiger partial charge in [-0.15, -0.1) is 0 Å². The molecule has 1 amide bonds. The van der Waals surface area contributed by atoms with E-state index >= 15 is 0 Å². The summed E-state index contributed by atoms with van der Waals surface area (Å²) in [6.07, 6.45) is 9.61. The number of hydrogen-bond donors (Lipinski definition) is 0. The Hall–Kier alpha value is -2.45. The molecule has 4 heterocycles. The Morgan fingerprint density at radius 3 is 2.74 bits per heavy atom. The highest BCUT2D eigenvalue weighted by atomic mass is 35.5. The molecule has 1 aliphatic carbocycles. The molecule has 9 heteroatoms. The highest BCUT2D eigenvalue weighted by Gasteiger charge is 2.54. The summed E-state index contributed by atoms with van der Waals surface area (Å²) < 4.78 is 25.2. The lowest BCUT2D eigenvalue weighted by Gasteiger charge is -2.37. The summed E-state index contributed by atoms with van der Waals surface area (Å²) in [5.41, 5.74) is 3.17. The highest BCUT2D eigenvalue weighted by molar-refractivity contribution is 7.90. The van der Waals surface area contributed by atoms with E-state index in [0.717, 1.165) is 47.2 Å². The van der Waals surface area contributed by atoms with E-state index in [1.54, 1.807) is 18.6 Å². The van der Waals surface area contributed by atoms with E-state index in [-0.39, 0.29) is 11.7 Å². The molecule has 0 saturated heterocycles. The van der Waals surface area contributed by atoms with Crippen molar-refractivity contribution in [2.45, 2.75) is 44.2 Å². The van der Waals surface area contributed by atoms with Crippen LogP contribution in [-0.2, 0) is 33.1 Å². The first-order valence-electron chi connectivity index (χ1n) is 10.4. The van der Waals surface area contributed by atoms with Gasteiger partial charge in [0, 0.05) is 36.3 Å². The van der Waals surface area contributed by atoms with Crippen molar-refractivity contribution in [3.63, 3.8) is 0 Å². The van der Waals surface area contributed by atoms with Crippen LogP contribution in [0.4, 0.5) is 5.69 Å². The summed E-state index contributed by atoms with van der Waals surface area (Å²) in [4.78, 5) is 24.0. The van der Waals surface area contributed by atoms with Crippen LogP contribution in [0.5, 0.6) is 0 Å². The van der Waals surface area contributed by atoms with Crippen LogP contribution >= 0.6 is 11.6 Å². The van der Waals surface area contributed by atoms with Crippen LogP contribution in [0.25, 0.3) is 11.0 Å². The van der Waals surface area contributed by atoms with Crippen molar-refractivity contribution in [3.8, 4) is 0 Å². The molecular weight excluding hydrogens is 436 g/mol. The number of nitrogens with zero attached hydrogens (tertiary/aromatic N) is 4. The number of aryl methyl sites for hydroxylation is 1. The Morgan fingerprint density at radius 1 is 1.23 bits per heavy atom. The zero-order valence-corrected chi connectivity index (χ0v) is 18.8. The van der Waals surface area contributed by atoms with Gasteiger partial charge in [0.25, 0.3) is 0 Å². The fraction of sp³-hybridized carbons (Fsp3) is 0.409. The number of rotatable bonds is 6. The molecule has 0 unspecified atom stereocenters. The van der Waals surface area contributed by atoms with Gasteiger partial charge < -0.3 is 9.47 Å².